The van der Waals surface area contributed by atoms with Gasteiger partial charge in [0.2, 0.25) is 0 Å². The lowest BCUT2D eigenvalue weighted by atomic mass is 9.89. The quantitative estimate of drug-likeness (QED) is 0.173. The number of para-hydroxylation sites is 2. The monoisotopic (exact) mass is 660 g/mol. The first-order valence-electron chi connectivity index (χ1n) is 17.3. The second-order valence-electron chi connectivity index (χ2n) is 13.2. The van der Waals surface area contributed by atoms with Crippen LogP contribution >= 0.6 is 0 Å². The van der Waals surface area contributed by atoms with Crippen molar-refractivity contribution in [3.63, 3.8) is 0 Å². The van der Waals surface area contributed by atoms with E-state index in [0.29, 0.717) is 11.1 Å². The highest BCUT2D eigenvalue weighted by atomic mass is 15.1. The summed E-state index contributed by atoms with van der Waals surface area (Å²) in [6, 6.07) is 63.7. The summed E-state index contributed by atoms with van der Waals surface area (Å²) < 4.78 is 2.42. The van der Waals surface area contributed by atoms with Gasteiger partial charge in [-0.3, -0.25) is 0 Å². The minimum atomic E-state index is 0.607. The Labute approximate surface area is 300 Å². The molecule has 0 atom stereocenters. The highest BCUT2D eigenvalue weighted by molar-refractivity contribution is 6.32. The minimum absolute atomic E-state index is 0.607. The third-order valence-electron chi connectivity index (χ3n) is 10.4. The van der Waals surface area contributed by atoms with Crippen molar-refractivity contribution >= 4 is 71.2 Å². The zero-order chi connectivity index (χ0) is 34.8. The van der Waals surface area contributed by atoms with Gasteiger partial charge in [0.15, 0.2) is 0 Å². The molecule has 9 aromatic carbocycles. The average Bonchev–Trinajstić information content (AvgIpc) is 3.55. The molecule has 0 unspecified atom stereocenters. The molecule has 240 valence electrons. The second kappa shape index (κ2) is 11.6. The summed E-state index contributed by atoms with van der Waals surface area (Å²) in [7, 11) is 0. The molecule has 10 rings (SSSR count). The molecule has 0 N–H and O–H groups in total. The van der Waals surface area contributed by atoms with Gasteiger partial charge in [-0.1, -0.05) is 84.9 Å². The maximum atomic E-state index is 9.40. The largest absolute Gasteiger partial charge is 0.311 e. The van der Waals surface area contributed by atoms with Gasteiger partial charge in [-0.2, -0.15) is 10.5 Å². The third kappa shape index (κ3) is 4.46. The van der Waals surface area contributed by atoms with Crippen LogP contribution in [0.1, 0.15) is 11.1 Å². The minimum Gasteiger partial charge on any atom is -0.311 e. The molecular weight excluding hydrogens is 633 g/mol. The maximum Gasteiger partial charge on any atom is 0.0991 e. The predicted molar refractivity (Wildman–Crippen MR) is 214 cm³/mol. The van der Waals surface area contributed by atoms with E-state index in [1.54, 1.807) is 0 Å². The molecule has 1 aromatic heterocycles. The molecule has 0 aliphatic heterocycles. The van der Waals surface area contributed by atoms with Crippen LogP contribution in [0.25, 0.3) is 70.9 Å². The van der Waals surface area contributed by atoms with E-state index < -0.39 is 0 Å². The maximum absolute atomic E-state index is 9.40. The number of hydrogen-bond donors (Lipinski definition) is 0. The summed E-state index contributed by atoms with van der Waals surface area (Å²) >= 11 is 0. The summed E-state index contributed by atoms with van der Waals surface area (Å²) in [5.74, 6) is 0. The van der Waals surface area contributed by atoms with Crippen LogP contribution in [0.15, 0.2) is 170 Å². The Morgan fingerprint density at radius 3 is 1.67 bits per heavy atom. The lowest BCUT2D eigenvalue weighted by Gasteiger charge is -2.26. The van der Waals surface area contributed by atoms with Crippen molar-refractivity contribution in [3.05, 3.63) is 181 Å². The van der Waals surface area contributed by atoms with Crippen LogP contribution in [0.4, 0.5) is 17.1 Å². The Morgan fingerprint density at radius 2 is 1.00 bits per heavy atom. The molecule has 4 nitrogen and oxygen atoms in total. The molecule has 0 bridgehead atoms. The SMILES string of the molecule is N#Cc1ccc(N(c2ccc(C#N)cc2)c2ccc(-c3ccc4ccc5c6c(ccc3c46)cc3c4ccccc4n(-c4ccccc4)c35)cc2)cc1. The first-order chi connectivity index (χ1) is 25.7. The molecule has 4 heteroatoms. The molecule has 0 spiro atoms. The van der Waals surface area contributed by atoms with E-state index in [2.05, 4.69) is 143 Å². The molecule has 10 aromatic rings. The molecular formula is C48H28N4. The molecule has 52 heavy (non-hydrogen) atoms. The summed E-state index contributed by atoms with van der Waals surface area (Å²) in [5.41, 5.74) is 9.95. The standard InChI is InChI=1S/C48H28N4/c49-29-31-10-19-37(20-11-31)51(38-21-12-32(30-50)13-22-38)39-23-14-33(15-24-39)40-25-16-34-17-27-43-47-35(18-26-42(40)46(34)47)28-44-41-8-4-5-9-45(41)52(48(43)44)36-6-2-1-3-7-36/h1-28H. The van der Waals surface area contributed by atoms with Gasteiger partial charge in [-0.15, -0.1) is 0 Å². The Bertz CT molecular complexity index is 2990. The topological polar surface area (TPSA) is 55.8 Å². The van der Waals surface area contributed by atoms with E-state index in [4.69, 9.17) is 0 Å². The van der Waals surface area contributed by atoms with E-state index in [-0.39, 0.29) is 0 Å². The number of nitriles is 2. The summed E-state index contributed by atoms with van der Waals surface area (Å²) in [6.07, 6.45) is 0. The van der Waals surface area contributed by atoms with Crippen molar-refractivity contribution in [3.8, 4) is 29.0 Å². The smallest absolute Gasteiger partial charge is 0.0991 e. The highest BCUT2D eigenvalue weighted by Gasteiger charge is 2.20. The molecule has 0 aliphatic rings. The lowest BCUT2D eigenvalue weighted by Crippen LogP contribution is -2.09. The van der Waals surface area contributed by atoms with Crippen LogP contribution in [-0.2, 0) is 0 Å². The number of hydrogen-bond acceptors (Lipinski definition) is 3. The summed E-state index contributed by atoms with van der Waals surface area (Å²) in [6.45, 7) is 0. The average molecular weight is 661 g/mol. The normalized spacial score (nSPS) is 11.4. The first kappa shape index (κ1) is 29.5. The van der Waals surface area contributed by atoms with Crippen LogP contribution < -0.4 is 4.90 Å². The number of anilines is 3. The zero-order valence-corrected chi connectivity index (χ0v) is 28.0. The van der Waals surface area contributed by atoms with Gasteiger partial charge in [0.1, 0.15) is 0 Å². The Kier molecular flexibility index (Phi) is 6.58. The van der Waals surface area contributed by atoms with E-state index in [1.807, 2.05) is 48.5 Å². The van der Waals surface area contributed by atoms with Gasteiger partial charge in [-0.05, 0) is 123 Å². The fraction of sp³-hybridized carbons (Fsp3) is 0. The highest BCUT2D eigenvalue weighted by Crippen LogP contribution is 2.45. The summed E-state index contributed by atoms with van der Waals surface area (Å²) in [4.78, 5) is 2.15. The molecule has 0 saturated carbocycles. The van der Waals surface area contributed by atoms with Gasteiger partial charge < -0.3 is 9.47 Å². The van der Waals surface area contributed by atoms with Gasteiger partial charge in [-0.25, -0.2) is 0 Å². The van der Waals surface area contributed by atoms with Crippen LogP contribution in [0, 0.1) is 22.7 Å². The van der Waals surface area contributed by atoms with Crippen molar-refractivity contribution < 1.29 is 0 Å². The molecule has 0 aliphatic carbocycles. The number of nitrogens with zero attached hydrogens (tertiary/aromatic N) is 4. The van der Waals surface area contributed by atoms with Crippen molar-refractivity contribution in [1.29, 1.82) is 10.5 Å². The number of rotatable bonds is 5. The predicted octanol–water partition coefficient (Wildman–Crippen LogP) is 12.6. The van der Waals surface area contributed by atoms with E-state index >= 15 is 0 Å². The van der Waals surface area contributed by atoms with Gasteiger partial charge in [0.25, 0.3) is 0 Å². The fourth-order valence-corrected chi connectivity index (χ4v) is 8.03. The van der Waals surface area contributed by atoms with E-state index in [0.717, 1.165) is 28.3 Å². The molecule has 0 radical (unpaired) electrons. The Balaban J connectivity index is 1.15. The van der Waals surface area contributed by atoms with E-state index in [1.165, 1.54) is 59.7 Å². The molecule has 0 amide bonds. The van der Waals surface area contributed by atoms with Crippen LogP contribution in [0.2, 0.25) is 0 Å². The number of fused-ring (bicyclic) bond motifs is 4. The number of benzene rings is 9. The lowest BCUT2D eigenvalue weighted by molar-refractivity contribution is 1.19. The zero-order valence-electron chi connectivity index (χ0n) is 28.0. The van der Waals surface area contributed by atoms with Crippen molar-refractivity contribution in [2.75, 3.05) is 4.90 Å². The van der Waals surface area contributed by atoms with Crippen LogP contribution in [0.5, 0.6) is 0 Å². The first-order valence-corrected chi connectivity index (χ1v) is 17.3. The van der Waals surface area contributed by atoms with Gasteiger partial charge >= 0.3 is 0 Å². The molecule has 0 fully saturated rings. The second-order valence-corrected chi connectivity index (χ2v) is 13.2. The van der Waals surface area contributed by atoms with Crippen molar-refractivity contribution in [2.24, 2.45) is 0 Å². The third-order valence-corrected chi connectivity index (χ3v) is 10.4. The van der Waals surface area contributed by atoms with Crippen molar-refractivity contribution in [1.82, 2.24) is 4.57 Å². The van der Waals surface area contributed by atoms with Gasteiger partial charge in [0.05, 0.1) is 34.3 Å². The summed E-state index contributed by atoms with van der Waals surface area (Å²) in [5, 5.41) is 28.8. The molecule has 1 heterocycles. The Morgan fingerprint density at radius 1 is 0.442 bits per heavy atom. The fourth-order valence-electron chi connectivity index (χ4n) is 8.03. The van der Waals surface area contributed by atoms with Gasteiger partial charge in [0, 0.05) is 38.9 Å². The molecule has 0 saturated heterocycles. The van der Waals surface area contributed by atoms with Crippen LogP contribution in [-0.4, -0.2) is 4.57 Å². The number of aromatic nitrogens is 1. The van der Waals surface area contributed by atoms with E-state index in [9.17, 15) is 10.5 Å². The van der Waals surface area contributed by atoms with Crippen molar-refractivity contribution in [2.45, 2.75) is 0 Å². The Hall–Kier alpha value is -7.40. The van der Waals surface area contributed by atoms with Crippen LogP contribution in [0.3, 0.4) is 0 Å².